The first-order chi connectivity index (χ1) is 12.7. The Balaban J connectivity index is 1.57. The summed E-state index contributed by atoms with van der Waals surface area (Å²) in [7, 11) is 1.65. The fourth-order valence-corrected chi connectivity index (χ4v) is 3.08. The number of aromatic nitrogens is 4. The van der Waals surface area contributed by atoms with Crippen LogP contribution < -0.4 is 4.74 Å². The summed E-state index contributed by atoms with van der Waals surface area (Å²) in [4.78, 5) is 4.43. The molecule has 0 N–H and O–H groups in total. The van der Waals surface area contributed by atoms with E-state index in [2.05, 4.69) is 27.3 Å². The number of hydrogen-bond donors (Lipinski definition) is 0. The summed E-state index contributed by atoms with van der Waals surface area (Å²) in [6.07, 6.45) is 3.57. The van der Waals surface area contributed by atoms with Gasteiger partial charge in [-0.2, -0.15) is 4.98 Å². The number of methoxy groups -OCH3 is 1. The summed E-state index contributed by atoms with van der Waals surface area (Å²) < 4.78 is 16.2. The van der Waals surface area contributed by atoms with Crippen molar-refractivity contribution in [2.45, 2.75) is 50.0 Å². The van der Waals surface area contributed by atoms with E-state index in [-0.39, 0.29) is 5.25 Å². The normalized spacial score (nSPS) is 12.3. The van der Waals surface area contributed by atoms with Crippen LogP contribution in [-0.4, -0.2) is 27.4 Å². The number of hydrogen-bond acceptors (Lipinski definition) is 8. The van der Waals surface area contributed by atoms with Gasteiger partial charge in [0.25, 0.3) is 5.22 Å². The Morgan fingerprint density at radius 1 is 1.19 bits per heavy atom. The van der Waals surface area contributed by atoms with Crippen LogP contribution in [0.1, 0.15) is 55.1 Å². The number of aryl methyl sites for hydroxylation is 1. The van der Waals surface area contributed by atoms with Gasteiger partial charge in [-0.3, -0.25) is 0 Å². The molecule has 1 aromatic carbocycles. The van der Waals surface area contributed by atoms with Gasteiger partial charge in [0, 0.05) is 6.42 Å². The predicted molar refractivity (Wildman–Crippen MR) is 97.3 cm³/mol. The molecule has 0 aliphatic rings. The largest absolute Gasteiger partial charge is 0.497 e. The second-order valence-electron chi connectivity index (χ2n) is 5.90. The van der Waals surface area contributed by atoms with Gasteiger partial charge in [0.05, 0.1) is 18.8 Å². The fraction of sp³-hybridized carbons (Fsp3) is 0.444. The summed E-state index contributed by atoms with van der Waals surface area (Å²) in [5.74, 6) is 2.72. The molecule has 8 heteroatoms. The van der Waals surface area contributed by atoms with Crippen LogP contribution in [0.25, 0.3) is 0 Å². The van der Waals surface area contributed by atoms with E-state index in [1.165, 1.54) is 11.8 Å². The van der Waals surface area contributed by atoms with E-state index in [1.54, 1.807) is 7.11 Å². The van der Waals surface area contributed by atoms with Gasteiger partial charge >= 0.3 is 0 Å². The van der Waals surface area contributed by atoms with Crippen molar-refractivity contribution in [1.82, 2.24) is 20.3 Å². The van der Waals surface area contributed by atoms with Gasteiger partial charge in [-0.05, 0) is 31.0 Å². The SMILES string of the molecule is CCCCc1noc(C(C)Sc2nnc(Cc3ccc(OC)cc3)o2)n1. The van der Waals surface area contributed by atoms with E-state index >= 15 is 0 Å². The van der Waals surface area contributed by atoms with Gasteiger partial charge in [-0.25, -0.2) is 0 Å². The molecule has 0 saturated carbocycles. The third kappa shape index (κ3) is 4.85. The second kappa shape index (κ2) is 8.84. The highest BCUT2D eigenvalue weighted by Gasteiger charge is 2.19. The van der Waals surface area contributed by atoms with Crippen molar-refractivity contribution in [3.8, 4) is 5.75 Å². The molecule has 0 fully saturated rings. The van der Waals surface area contributed by atoms with Crippen molar-refractivity contribution in [2.24, 2.45) is 0 Å². The van der Waals surface area contributed by atoms with Crippen LogP contribution in [0.4, 0.5) is 0 Å². The molecule has 0 saturated heterocycles. The molecule has 3 aromatic rings. The number of unbranched alkanes of at least 4 members (excludes halogenated alkanes) is 1. The Hall–Kier alpha value is -2.35. The lowest BCUT2D eigenvalue weighted by atomic mass is 10.1. The van der Waals surface area contributed by atoms with Crippen LogP contribution in [0.3, 0.4) is 0 Å². The average molecular weight is 374 g/mol. The molecule has 3 rings (SSSR count). The lowest BCUT2D eigenvalue weighted by Crippen LogP contribution is -1.91. The average Bonchev–Trinajstić information content (AvgIpc) is 3.30. The minimum absolute atomic E-state index is 0.0489. The third-order valence-corrected chi connectivity index (χ3v) is 4.75. The lowest BCUT2D eigenvalue weighted by molar-refractivity contribution is 0.372. The van der Waals surface area contributed by atoms with Crippen LogP contribution in [0, 0.1) is 0 Å². The molecule has 0 bridgehead atoms. The van der Waals surface area contributed by atoms with Crippen LogP contribution in [-0.2, 0) is 12.8 Å². The van der Waals surface area contributed by atoms with Gasteiger partial charge in [-0.1, -0.05) is 42.4 Å². The van der Waals surface area contributed by atoms with Gasteiger partial charge < -0.3 is 13.7 Å². The molecular formula is C18H22N4O3S. The standard InChI is InChI=1S/C18H22N4O3S/c1-4-5-6-15-19-17(25-22-15)12(2)26-18-21-20-16(24-18)11-13-7-9-14(23-3)10-8-13/h7-10,12H,4-6,11H2,1-3H3. The highest BCUT2D eigenvalue weighted by molar-refractivity contribution is 7.99. The minimum Gasteiger partial charge on any atom is -0.497 e. The summed E-state index contributed by atoms with van der Waals surface area (Å²) >= 11 is 1.41. The maximum Gasteiger partial charge on any atom is 0.277 e. The highest BCUT2D eigenvalue weighted by Crippen LogP contribution is 2.33. The molecule has 0 radical (unpaired) electrons. The van der Waals surface area contributed by atoms with E-state index in [9.17, 15) is 0 Å². The monoisotopic (exact) mass is 374 g/mol. The Bertz CT molecular complexity index is 816. The first kappa shape index (κ1) is 18.4. The Labute approximate surface area is 156 Å². The minimum atomic E-state index is -0.0489. The molecule has 2 heterocycles. The van der Waals surface area contributed by atoms with Crippen LogP contribution in [0.5, 0.6) is 5.75 Å². The molecule has 138 valence electrons. The van der Waals surface area contributed by atoms with Crippen molar-refractivity contribution in [1.29, 1.82) is 0 Å². The van der Waals surface area contributed by atoms with E-state index < -0.39 is 0 Å². The molecule has 1 unspecified atom stereocenters. The molecule has 0 amide bonds. The molecule has 0 aliphatic heterocycles. The molecule has 2 aromatic heterocycles. The number of ether oxygens (including phenoxy) is 1. The molecule has 1 atom stereocenters. The molecular weight excluding hydrogens is 352 g/mol. The third-order valence-electron chi connectivity index (χ3n) is 3.83. The van der Waals surface area contributed by atoms with Crippen molar-refractivity contribution in [3.63, 3.8) is 0 Å². The van der Waals surface area contributed by atoms with Gasteiger partial charge in [-0.15, -0.1) is 10.2 Å². The number of thioether (sulfide) groups is 1. The van der Waals surface area contributed by atoms with E-state index in [1.807, 2.05) is 31.2 Å². The maximum atomic E-state index is 5.73. The topological polar surface area (TPSA) is 87.1 Å². The van der Waals surface area contributed by atoms with E-state index in [4.69, 9.17) is 13.7 Å². The molecule has 0 aliphatic carbocycles. The summed E-state index contributed by atoms with van der Waals surface area (Å²) in [6, 6.07) is 7.79. The lowest BCUT2D eigenvalue weighted by Gasteiger charge is -2.01. The van der Waals surface area contributed by atoms with Crippen LogP contribution in [0.2, 0.25) is 0 Å². The van der Waals surface area contributed by atoms with Gasteiger partial charge in [0.15, 0.2) is 5.82 Å². The van der Waals surface area contributed by atoms with Crippen molar-refractivity contribution >= 4 is 11.8 Å². The zero-order valence-corrected chi connectivity index (χ0v) is 16.0. The molecule has 26 heavy (non-hydrogen) atoms. The summed E-state index contributed by atoms with van der Waals surface area (Å²) in [6.45, 7) is 4.12. The van der Waals surface area contributed by atoms with Gasteiger partial charge in [0.2, 0.25) is 11.8 Å². The number of nitrogens with zero attached hydrogens (tertiary/aromatic N) is 4. The van der Waals surface area contributed by atoms with Crippen molar-refractivity contribution < 1.29 is 13.7 Å². The quantitative estimate of drug-likeness (QED) is 0.514. The summed E-state index contributed by atoms with van der Waals surface area (Å²) in [5.41, 5.74) is 1.08. The molecule has 7 nitrogen and oxygen atoms in total. The van der Waals surface area contributed by atoms with Crippen LogP contribution in [0.15, 0.2) is 38.4 Å². The Morgan fingerprint density at radius 3 is 2.73 bits per heavy atom. The van der Waals surface area contributed by atoms with Crippen molar-refractivity contribution in [2.75, 3.05) is 7.11 Å². The Kier molecular flexibility index (Phi) is 6.27. The van der Waals surface area contributed by atoms with Crippen molar-refractivity contribution in [3.05, 3.63) is 47.4 Å². The summed E-state index contributed by atoms with van der Waals surface area (Å²) in [5, 5.41) is 12.7. The first-order valence-electron chi connectivity index (χ1n) is 8.62. The zero-order chi connectivity index (χ0) is 18.4. The Morgan fingerprint density at radius 2 is 2.00 bits per heavy atom. The predicted octanol–water partition coefficient (Wildman–Crippen LogP) is 4.25. The van der Waals surface area contributed by atoms with Crippen LogP contribution >= 0.6 is 11.8 Å². The molecule has 0 spiro atoms. The fourth-order valence-electron chi connectivity index (χ4n) is 2.35. The first-order valence-corrected chi connectivity index (χ1v) is 9.50. The van der Waals surface area contributed by atoms with E-state index in [0.717, 1.165) is 36.4 Å². The number of benzene rings is 1. The second-order valence-corrected chi connectivity index (χ2v) is 7.19. The number of rotatable bonds is 9. The smallest absolute Gasteiger partial charge is 0.277 e. The van der Waals surface area contributed by atoms with Gasteiger partial charge in [0.1, 0.15) is 5.75 Å². The van der Waals surface area contributed by atoms with E-state index in [0.29, 0.717) is 23.4 Å². The highest BCUT2D eigenvalue weighted by atomic mass is 32.2. The zero-order valence-electron chi connectivity index (χ0n) is 15.1. The maximum absolute atomic E-state index is 5.73.